The number of ether oxygens (including phenoxy) is 2. The van der Waals surface area contributed by atoms with Crippen LogP contribution in [0.25, 0.3) is 0 Å². The van der Waals surface area contributed by atoms with Crippen LogP contribution >= 0.6 is 0 Å². The maximum Gasteiger partial charge on any atom is 0.282 e. The molecule has 1 heterocycles. The number of aliphatic imine (C=N–C) groups is 1. The molecule has 0 saturated carbocycles. The van der Waals surface area contributed by atoms with Gasteiger partial charge in [0, 0.05) is 0 Å². The smallest absolute Gasteiger partial charge is 0.282 e. The topological polar surface area (TPSA) is 56.8 Å². The molecule has 1 aromatic rings. The Hall–Kier alpha value is -1.78. The van der Waals surface area contributed by atoms with E-state index in [4.69, 9.17) is 15.2 Å². The molecule has 0 unspecified atom stereocenters. The third kappa shape index (κ3) is 2.59. The number of benzene rings is 1. The zero-order valence-electron chi connectivity index (χ0n) is 8.02. The third-order valence-corrected chi connectivity index (χ3v) is 1.99. The molecule has 4 nitrogen and oxygen atoms in total. The Morgan fingerprint density at radius 3 is 2.80 bits per heavy atom. The van der Waals surface area contributed by atoms with Crippen LogP contribution in [0.2, 0.25) is 0 Å². The molecule has 0 saturated heterocycles. The summed E-state index contributed by atoms with van der Waals surface area (Å²) >= 11 is 0. The Morgan fingerprint density at radius 1 is 1.47 bits per heavy atom. The van der Waals surface area contributed by atoms with Gasteiger partial charge in [0.05, 0.1) is 6.54 Å². The van der Waals surface area contributed by atoms with Gasteiger partial charge in [0.15, 0.2) is 6.10 Å². The average Bonchev–Trinajstić information content (AvgIpc) is 2.64. The average molecular weight is 210 g/mol. The van der Waals surface area contributed by atoms with Gasteiger partial charge in [0.2, 0.25) is 0 Å². The van der Waals surface area contributed by atoms with E-state index < -0.39 is 0 Å². The lowest BCUT2D eigenvalue weighted by Gasteiger charge is -2.11. The van der Waals surface area contributed by atoms with E-state index in [1.807, 2.05) is 0 Å². The van der Waals surface area contributed by atoms with Gasteiger partial charge in [-0.05, 0) is 24.3 Å². The highest BCUT2D eigenvalue weighted by molar-refractivity contribution is 5.72. The molecule has 5 heteroatoms. The van der Waals surface area contributed by atoms with E-state index in [-0.39, 0.29) is 17.9 Å². The fourth-order valence-electron chi connectivity index (χ4n) is 1.24. The number of nitrogens with zero attached hydrogens (tertiary/aromatic N) is 1. The first kappa shape index (κ1) is 9.76. The van der Waals surface area contributed by atoms with Crippen molar-refractivity contribution >= 4 is 6.02 Å². The molecule has 0 aliphatic carbocycles. The van der Waals surface area contributed by atoms with Crippen LogP contribution in [0.4, 0.5) is 4.39 Å². The molecule has 1 aliphatic heterocycles. The van der Waals surface area contributed by atoms with Crippen LogP contribution in [0.1, 0.15) is 0 Å². The number of hydrogen-bond donors (Lipinski definition) is 1. The first-order chi connectivity index (χ1) is 7.24. The van der Waals surface area contributed by atoms with Crippen LogP contribution in [-0.2, 0) is 4.74 Å². The van der Waals surface area contributed by atoms with Crippen molar-refractivity contribution in [1.82, 2.24) is 0 Å². The molecule has 1 aliphatic rings. The van der Waals surface area contributed by atoms with Crippen molar-refractivity contribution in [3.05, 3.63) is 30.1 Å². The van der Waals surface area contributed by atoms with Gasteiger partial charge in [-0.1, -0.05) is 0 Å². The summed E-state index contributed by atoms with van der Waals surface area (Å²) in [7, 11) is 0. The number of amidine groups is 1. The van der Waals surface area contributed by atoms with Crippen molar-refractivity contribution in [3.63, 3.8) is 0 Å². The Balaban J connectivity index is 1.81. The van der Waals surface area contributed by atoms with Gasteiger partial charge in [0.1, 0.15) is 18.2 Å². The molecule has 2 rings (SSSR count). The molecule has 0 aromatic heterocycles. The lowest BCUT2D eigenvalue weighted by atomic mass is 10.3. The molecule has 0 amide bonds. The third-order valence-electron chi connectivity index (χ3n) is 1.99. The molecule has 0 spiro atoms. The fraction of sp³-hybridized carbons (Fsp3) is 0.300. The first-order valence-corrected chi connectivity index (χ1v) is 4.59. The highest BCUT2D eigenvalue weighted by atomic mass is 19.1. The molecular formula is C10H11FN2O2. The summed E-state index contributed by atoms with van der Waals surface area (Å²) < 4.78 is 23.1. The lowest BCUT2D eigenvalue weighted by molar-refractivity contribution is 0.141. The molecule has 1 atom stereocenters. The maximum absolute atomic E-state index is 12.6. The largest absolute Gasteiger partial charge is 0.490 e. The van der Waals surface area contributed by atoms with Crippen LogP contribution in [0.15, 0.2) is 29.3 Å². The Kier molecular flexibility index (Phi) is 2.71. The summed E-state index contributed by atoms with van der Waals surface area (Å²) in [5, 5.41) is 0. The zero-order chi connectivity index (χ0) is 10.7. The van der Waals surface area contributed by atoms with Crippen molar-refractivity contribution in [2.45, 2.75) is 6.10 Å². The monoisotopic (exact) mass is 210 g/mol. The first-order valence-electron chi connectivity index (χ1n) is 4.59. The van der Waals surface area contributed by atoms with E-state index in [1.54, 1.807) is 12.1 Å². The minimum atomic E-state index is -0.285. The van der Waals surface area contributed by atoms with E-state index in [2.05, 4.69) is 4.99 Å². The molecule has 80 valence electrons. The molecule has 1 aromatic carbocycles. The van der Waals surface area contributed by atoms with Crippen molar-refractivity contribution in [1.29, 1.82) is 0 Å². The minimum Gasteiger partial charge on any atom is -0.490 e. The normalized spacial score (nSPS) is 19.5. The summed E-state index contributed by atoms with van der Waals surface area (Å²) in [6.45, 7) is 0.864. The predicted octanol–water partition coefficient (Wildman–Crippen LogP) is 0.918. The van der Waals surface area contributed by atoms with Gasteiger partial charge in [-0.3, -0.25) is 0 Å². The molecule has 0 radical (unpaired) electrons. The Bertz CT molecular complexity index is 364. The van der Waals surface area contributed by atoms with Crippen molar-refractivity contribution < 1.29 is 13.9 Å². The fourth-order valence-corrected chi connectivity index (χ4v) is 1.24. The lowest BCUT2D eigenvalue weighted by Crippen LogP contribution is -2.24. The number of hydrogen-bond acceptors (Lipinski definition) is 4. The van der Waals surface area contributed by atoms with Crippen LogP contribution in [-0.4, -0.2) is 25.3 Å². The van der Waals surface area contributed by atoms with Crippen molar-refractivity contribution in [2.75, 3.05) is 13.2 Å². The molecule has 15 heavy (non-hydrogen) atoms. The van der Waals surface area contributed by atoms with Crippen LogP contribution in [0.5, 0.6) is 5.75 Å². The Labute approximate surface area is 86.5 Å². The van der Waals surface area contributed by atoms with Crippen molar-refractivity contribution in [3.8, 4) is 5.75 Å². The molecule has 0 bridgehead atoms. The van der Waals surface area contributed by atoms with Gasteiger partial charge in [-0.15, -0.1) is 0 Å². The highest BCUT2D eigenvalue weighted by Crippen LogP contribution is 2.12. The Morgan fingerprint density at radius 2 is 2.20 bits per heavy atom. The van der Waals surface area contributed by atoms with E-state index in [0.29, 0.717) is 18.9 Å². The second-order valence-corrected chi connectivity index (χ2v) is 3.18. The van der Waals surface area contributed by atoms with Crippen LogP contribution in [0.3, 0.4) is 0 Å². The summed E-state index contributed by atoms with van der Waals surface area (Å²) in [5.41, 5.74) is 5.34. The van der Waals surface area contributed by atoms with E-state index in [0.717, 1.165) is 0 Å². The van der Waals surface area contributed by atoms with Crippen molar-refractivity contribution in [2.24, 2.45) is 10.7 Å². The minimum absolute atomic E-state index is 0.143. The molecule has 0 fully saturated rings. The van der Waals surface area contributed by atoms with Gasteiger partial charge >= 0.3 is 0 Å². The summed E-state index contributed by atoms with van der Waals surface area (Å²) in [5.74, 6) is 0.317. The second-order valence-electron chi connectivity index (χ2n) is 3.18. The predicted molar refractivity (Wildman–Crippen MR) is 53.3 cm³/mol. The second kappa shape index (κ2) is 4.16. The van der Waals surface area contributed by atoms with Gasteiger partial charge in [-0.25, -0.2) is 9.38 Å². The SMILES string of the molecule is NC1=NC[C@@H](COc2ccc(F)cc2)O1. The standard InChI is InChI=1S/C10H11FN2O2/c11-7-1-3-8(4-2-7)14-6-9-5-13-10(12)15-9/h1-4,9H,5-6H2,(H2,12,13)/t9-/m0/s1. The number of halogens is 1. The van der Waals surface area contributed by atoms with E-state index in [1.165, 1.54) is 12.1 Å². The van der Waals surface area contributed by atoms with Crippen LogP contribution in [0, 0.1) is 5.82 Å². The molecular weight excluding hydrogens is 199 g/mol. The van der Waals surface area contributed by atoms with Gasteiger partial charge in [0.25, 0.3) is 6.02 Å². The quantitative estimate of drug-likeness (QED) is 0.807. The number of nitrogens with two attached hydrogens (primary N) is 1. The summed E-state index contributed by atoms with van der Waals surface area (Å²) in [6.07, 6.45) is -0.143. The van der Waals surface area contributed by atoms with E-state index >= 15 is 0 Å². The maximum atomic E-state index is 12.6. The summed E-state index contributed by atoms with van der Waals surface area (Å²) in [6, 6.07) is 6.01. The zero-order valence-corrected chi connectivity index (χ0v) is 8.02. The molecule has 2 N–H and O–H groups in total. The van der Waals surface area contributed by atoms with Gasteiger partial charge < -0.3 is 15.2 Å². The van der Waals surface area contributed by atoms with Gasteiger partial charge in [-0.2, -0.15) is 0 Å². The summed E-state index contributed by atoms with van der Waals surface area (Å²) in [4.78, 5) is 3.88. The number of rotatable bonds is 3. The van der Waals surface area contributed by atoms with Crippen LogP contribution < -0.4 is 10.5 Å². The highest BCUT2D eigenvalue weighted by Gasteiger charge is 2.17. The van der Waals surface area contributed by atoms with E-state index in [9.17, 15) is 4.39 Å².